The summed E-state index contributed by atoms with van der Waals surface area (Å²) < 4.78 is 19.0. The van der Waals surface area contributed by atoms with Crippen molar-refractivity contribution in [1.82, 2.24) is 4.98 Å². The first-order valence-corrected chi connectivity index (χ1v) is 6.10. The molecular weight excluding hydrogens is 245 g/mol. The molecule has 2 rings (SSSR count). The number of anilines is 1. The molecule has 2 aromatic rings. The smallest absolute Gasteiger partial charge is 0.167 e. The van der Waals surface area contributed by atoms with Gasteiger partial charge in [-0.3, -0.25) is 4.98 Å². The van der Waals surface area contributed by atoms with Crippen LogP contribution in [-0.2, 0) is 0 Å². The van der Waals surface area contributed by atoms with E-state index in [4.69, 9.17) is 10.00 Å². The van der Waals surface area contributed by atoms with E-state index in [2.05, 4.69) is 16.4 Å². The van der Waals surface area contributed by atoms with Crippen molar-refractivity contribution in [3.8, 4) is 11.8 Å². The van der Waals surface area contributed by atoms with Gasteiger partial charge in [0.05, 0.1) is 23.4 Å². The number of nitrogens with zero attached hydrogens (tertiary/aromatic N) is 2. The van der Waals surface area contributed by atoms with E-state index in [1.54, 1.807) is 13.0 Å². The third-order valence-electron chi connectivity index (χ3n) is 2.70. The highest BCUT2D eigenvalue weighted by atomic mass is 19.1. The minimum atomic E-state index is -0.450. The molecule has 1 aromatic heterocycles. The van der Waals surface area contributed by atoms with Crippen LogP contribution in [0, 0.1) is 17.1 Å². The van der Waals surface area contributed by atoms with Gasteiger partial charge in [0.15, 0.2) is 11.6 Å². The Bertz CT molecular complexity index is 649. The Labute approximate surface area is 110 Å². The van der Waals surface area contributed by atoms with Crippen LogP contribution in [0.15, 0.2) is 18.3 Å². The molecule has 0 bridgehead atoms. The van der Waals surface area contributed by atoms with E-state index in [9.17, 15) is 4.39 Å². The van der Waals surface area contributed by atoms with Crippen LogP contribution in [0.3, 0.4) is 0 Å². The number of hydrogen-bond donors (Lipinski definition) is 1. The molecule has 1 aromatic carbocycles. The van der Waals surface area contributed by atoms with Gasteiger partial charge in [-0.2, -0.15) is 5.26 Å². The lowest BCUT2D eigenvalue weighted by atomic mass is 10.1. The quantitative estimate of drug-likeness (QED) is 0.916. The predicted octanol–water partition coefficient (Wildman–Crippen LogP) is 3.08. The Morgan fingerprint density at radius 1 is 1.42 bits per heavy atom. The Morgan fingerprint density at radius 2 is 2.21 bits per heavy atom. The summed E-state index contributed by atoms with van der Waals surface area (Å²) in [7, 11) is 0. The zero-order valence-electron chi connectivity index (χ0n) is 10.8. The second-order valence-electron chi connectivity index (χ2n) is 3.92. The molecule has 98 valence electrons. The topological polar surface area (TPSA) is 57.9 Å². The van der Waals surface area contributed by atoms with Crippen molar-refractivity contribution in [3.63, 3.8) is 0 Å². The number of nitrogens with one attached hydrogen (secondary N) is 1. The standard InChI is InChI=1S/C14H14FN3O/c1-3-17-14-9(7-16)8-18-12-6-11(15)13(19-4-2)5-10(12)14/h5-6,8H,3-4H2,1-2H3,(H,17,18). The molecule has 0 atom stereocenters. The van der Waals surface area contributed by atoms with Crippen molar-refractivity contribution < 1.29 is 9.13 Å². The van der Waals surface area contributed by atoms with E-state index >= 15 is 0 Å². The molecular formula is C14H14FN3O. The number of nitriles is 1. The third kappa shape index (κ3) is 2.43. The normalized spacial score (nSPS) is 10.2. The summed E-state index contributed by atoms with van der Waals surface area (Å²) in [5.74, 6) is -0.278. The first-order chi connectivity index (χ1) is 9.21. The number of halogens is 1. The van der Waals surface area contributed by atoms with Crippen LogP contribution in [0.25, 0.3) is 10.9 Å². The summed E-state index contributed by atoms with van der Waals surface area (Å²) in [6.45, 7) is 4.76. The van der Waals surface area contributed by atoms with Crippen molar-refractivity contribution in [2.45, 2.75) is 13.8 Å². The maximum atomic E-state index is 13.8. The minimum absolute atomic E-state index is 0.172. The Kier molecular flexibility index (Phi) is 3.81. The number of rotatable bonds is 4. The highest BCUT2D eigenvalue weighted by Crippen LogP contribution is 2.31. The van der Waals surface area contributed by atoms with Gasteiger partial charge in [-0.15, -0.1) is 0 Å². The molecule has 0 spiro atoms. The lowest BCUT2D eigenvalue weighted by molar-refractivity contribution is 0.322. The van der Waals surface area contributed by atoms with Crippen molar-refractivity contribution in [3.05, 3.63) is 29.7 Å². The fraction of sp³-hybridized carbons (Fsp3) is 0.286. The van der Waals surface area contributed by atoms with Gasteiger partial charge in [-0.25, -0.2) is 4.39 Å². The zero-order valence-corrected chi connectivity index (χ0v) is 10.8. The molecule has 0 radical (unpaired) electrons. The number of fused-ring (bicyclic) bond motifs is 1. The van der Waals surface area contributed by atoms with Gasteiger partial charge in [0.25, 0.3) is 0 Å². The van der Waals surface area contributed by atoms with Crippen LogP contribution in [0.2, 0.25) is 0 Å². The maximum absolute atomic E-state index is 13.8. The van der Waals surface area contributed by atoms with Gasteiger partial charge in [-0.1, -0.05) is 0 Å². The van der Waals surface area contributed by atoms with Crippen LogP contribution in [0.5, 0.6) is 5.75 Å². The lowest BCUT2D eigenvalue weighted by Gasteiger charge is -2.11. The van der Waals surface area contributed by atoms with Crippen LogP contribution in [0.4, 0.5) is 10.1 Å². The molecule has 0 aliphatic carbocycles. The number of pyridine rings is 1. The molecule has 0 aliphatic rings. The van der Waals surface area contributed by atoms with E-state index in [0.29, 0.717) is 35.3 Å². The van der Waals surface area contributed by atoms with E-state index in [-0.39, 0.29) is 5.75 Å². The molecule has 0 saturated carbocycles. The fourth-order valence-corrected chi connectivity index (χ4v) is 1.91. The average molecular weight is 259 g/mol. The summed E-state index contributed by atoms with van der Waals surface area (Å²) in [5, 5.41) is 12.9. The predicted molar refractivity (Wildman–Crippen MR) is 71.7 cm³/mol. The second kappa shape index (κ2) is 5.53. The molecule has 1 heterocycles. The SMILES string of the molecule is CCNc1c(C#N)cnc2cc(F)c(OCC)cc12. The van der Waals surface area contributed by atoms with Gasteiger partial charge in [0.2, 0.25) is 0 Å². The van der Waals surface area contributed by atoms with Gasteiger partial charge in [0, 0.05) is 24.2 Å². The summed E-state index contributed by atoms with van der Waals surface area (Å²) in [6, 6.07) is 4.98. The number of benzene rings is 1. The molecule has 0 unspecified atom stereocenters. The molecule has 5 heteroatoms. The second-order valence-corrected chi connectivity index (χ2v) is 3.92. The summed E-state index contributed by atoms with van der Waals surface area (Å²) >= 11 is 0. The summed E-state index contributed by atoms with van der Waals surface area (Å²) in [6.07, 6.45) is 1.44. The van der Waals surface area contributed by atoms with Crippen LogP contribution in [-0.4, -0.2) is 18.1 Å². The van der Waals surface area contributed by atoms with Crippen molar-refractivity contribution in [1.29, 1.82) is 5.26 Å². The molecule has 0 amide bonds. The van der Waals surface area contributed by atoms with Crippen molar-refractivity contribution in [2.24, 2.45) is 0 Å². The highest BCUT2D eigenvalue weighted by molar-refractivity contribution is 5.94. The fourth-order valence-electron chi connectivity index (χ4n) is 1.91. The zero-order chi connectivity index (χ0) is 13.8. The molecule has 1 N–H and O–H groups in total. The number of hydrogen-bond acceptors (Lipinski definition) is 4. The van der Waals surface area contributed by atoms with Crippen molar-refractivity contribution in [2.75, 3.05) is 18.5 Å². The van der Waals surface area contributed by atoms with Crippen molar-refractivity contribution >= 4 is 16.6 Å². The van der Waals surface area contributed by atoms with E-state index in [0.717, 1.165) is 0 Å². The Morgan fingerprint density at radius 3 is 2.84 bits per heavy atom. The Hall–Kier alpha value is -2.35. The molecule has 0 fully saturated rings. The molecule has 0 aliphatic heterocycles. The van der Waals surface area contributed by atoms with Crippen LogP contribution in [0.1, 0.15) is 19.4 Å². The van der Waals surface area contributed by atoms with Gasteiger partial charge >= 0.3 is 0 Å². The van der Waals surface area contributed by atoms with Gasteiger partial charge < -0.3 is 10.1 Å². The number of ether oxygens (including phenoxy) is 1. The minimum Gasteiger partial charge on any atom is -0.491 e. The Balaban J connectivity index is 2.71. The maximum Gasteiger partial charge on any atom is 0.167 e. The molecule has 19 heavy (non-hydrogen) atoms. The van der Waals surface area contributed by atoms with Gasteiger partial charge in [-0.05, 0) is 19.9 Å². The summed E-state index contributed by atoms with van der Waals surface area (Å²) in [4.78, 5) is 4.10. The van der Waals surface area contributed by atoms with E-state index in [1.165, 1.54) is 12.3 Å². The monoisotopic (exact) mass is 259 g/mol. The average Bonchev–Trinajstić information content (AvgIpc) is 2.41. The van der Waals surface area contributed by atoms with E-state index in [1.807, 2.05) is 6.92 Å². The largest absolute Gasteiger partial charge is 0.491 e. The lowest BCUT2D eigenvalue weighted by Crippen LogP contribution is -2.02. The van der Waals surface area contributed by atoms with E-state index < -0.39 is 5.82 Å². The molecule has 4 nitrogen and oxygen atoms in total. The third-order valence-corrected chi connectivity index (χ3v) is 2.70. The van der Waals surface area contributed by atoms with Crippen LogP contribution < -0.4 is 10.1 Å². The molecule has 0 saturated heterocycles. The highest BCUT2D eigenvalue weighted by Gasteiger charge is 2.12. The summed E-state index contributed by atoms with van der Waals surface area (Å²) in [5.41, 5.74) is 1.59. The van der Waals surface area contributed by atoms with Crippen LogP contribution >= 0.6 is 0 Å². The first-order valence-electron chi connectivity index (χ1n) is 6.10. The first kappa shape index (κ1) is 13.1. The number of aromatic nitrogens is 1. The van der Waals surface area contributed by atoms with Gasteiger partial charge in [0.1, 0.15) is 6.07 Å².